The molecule has 0 aromatic heterocycles. The third kappa shape index (κ3) is 4.76. The molecular formula is C26H31F2NO2. The Morgan fingerprint density at radius 1 is 1.03 bits per heavy atom. The standard InChI is InChI=1S/C26H31F2NO2/c1-2-3-4-5-6-7-16-30-20-13-14-21-19(17-20)10-9-15-26(21)18-31-25(29-26)24-22(27)11-8-12-23(24)28/h8,11-14,17H,2-7,9-10,15-16,18H2,1H3. The average Bonchev–Trinajstić information content (AvgIpc) is 3.17. The highest BCUT2D eigenvalue weighted by Crippen LogP contribution is 2.43. The second kappa shape index (κ2) is 9.80. The maximum atomic E-state index is 14.2. The van der Waals surface area contributed by atoms with Crippen molar-refractivity contribution in [1.29, 1.82) is 0 Å². The van der Waals surface area contributed by atoms with Gasteiger partial charge in [-0.1, -0.05) is 51.2 Å². The molecule has 1 unspecified atom stereocenters. The summed E-state index contributed by atoms with van der Waals surface area (Å²) in [5.74, 6) is -0.352. The number of ether oxygens (including phenoxy) is 2. The Bertz CT molecular complexity index is 923. The fourth-order valence-corrected chi connectivity index (χ4v) is 4.64. The van der Waals surface area contributed by atoms with Crippen LogP contribution in [0.25, 0.3) is 0 Å². The summed E-state index contributed by atoms with van der Waals surface area (Å²) < 4.78 is 40.2. The van der Waals surface area contributed by atoms with Crippen LogP contribution in [0.1, 0.15) is 75.0 Å². The minimum Gasteiger partial charge on any atom is -0.494 e. The highest BCUT2D eigenvalue weighted by Gasteiger charge is 2.43. The molecule has 1 aliphatic carbocycles. The molecule has 0 fully saturated rings. The van der Waals surface area contributed by atoms with Crippen molar-refractivity contribution < 1.29 is 18.3 Å². The van der Waals surface area contributed by atoms with Gasteiger partial charge < -0.3 is 9.47 Å². The van der Waals surface area contributed by atoms with Crippen LogP contribution in [0.15, 0.2) is 41.4 Å². The first kappa shape index (κ1) is 21.8. The Morgan fingerprint density at radius 2 is 1.81 bits per heavy atom. The molecule has 31 heavy (non-hydrogen) atoms. The molecule has 2 aromatic carbocycles. The fraction of sp³-hybridized carbons (Fsp3) is 0.500. The lowest BCUT2D eigenvalue weighted by Crippen LogP contribution is -2.30. The molecule has 1 atom stereocenters. The maximum absolute atomic E-state index is 14.2. The SMILES string of the molecule is CCCCCCCCOc1ccc2c(c1)CCCC21COC(c2c(F)cccc2F)=N1. The van der Waals surface area contributed by atoms with E-state index in [9.17, 15) is 8.78 Å². The highest BCUT2D eigenvalue weighted by molar-refractivity contribution is 5.96. The molecule has 0 N–H and O–H groups in total. The van der Waals surface area contributed by atoms with Gasteiger partial charge in [0.05, 0.1) is 6.61 Å². The molecule has 1 spiro atoms. The van der Waals surface area contributed by atoms with Gasteiger partial charge in [0.15, 0.2) is 0 Å². The molecule has 5 heteroatoms. The summed E-state index contributed by atoms with van der Waals surface area (Å²) >= 11 is 0. The summed E-state index contributed by atoms with van der Waals surface area (Å²) in [4.78, 5) is 4.73. The number of hydrogen-bond acceptors (Lipinski definition) is 3. The number of nitrogens with zero attached hydrogens (tertiary/aromatic N) is 1. The van der Waals surface area contributed by atoms with Crippen molar-refractivity contribution in [2.24, 2.45) is 4.99 Å². The summed E-state index contributed by atoms with van der Waals surface area (Å²) in [5, 5.41) is 0. The third-order valence-electron chi connectivity index (χ3n) is 6.32. The summed E-state index contributed by atoms with van der Waals surface area (Å²) in [6.45, 7) is 3.26. The van der Waals surface area contributed by atoms with E-state index in [2.05, 4.69) is 19.1 Å². The number of fused-ring (bicyclic) bond motifs is 2. The molecule has 2 aliphatic rings. The van der Waals surface area contributed by atoms with E-state index >= 15 is 0 Å². The Hall–Kier alpha value is -2.43. The zero-order chi connectivity index (χ0) is 21.7. The van der Waals surface area contributed by atoms with E-state index in [4.69, 9.17) is 14.5 Å². The number of benzene rings is 2. The Balaban J connectivity index is 1.46. The molecule has 166 valence electrons. The summed E-state index contributed by atoms with van der Waals surface area (Å²) in [5.41, 5.74) is 1.52. The highest BCUT2D eigenvalue weighted by atomic mass is 19.1. The van der Waals surface area contributed by atoms with Crippen LogP contribution in [0.5, 0.6) is 5.75 Å². The number of rotatable bonds is 9. The lowest BCUT2D eigenvalue weighted by molar-refractivity contribution is 0.234. The van der Waals surface area contributed by atoms with Gasteiger partial charge in [0, 0.05) is 0 Å². The Morgan fingerprint density at radius 3 is 2.61 bits per heavy atom. The smallest absolute Gasteiger partial charge is 0.223 e. The second-order valence-corrected chi connectivity index (χ2v) is 8.62. The van der Waals surface area contributed by atoms with E-state index in [-0.39, 0.29) is 11.5 Å². The van der Waals surface area contributed by atoms with Crippen LogP contribution >= 0.6 is 0 Å². The van der Waals surface area contributed by atoms with Crippen molar-refractivity contribution in [3.63, 3.8) is 0 Å². The number of halogens is 2. The third-order valence-corrected chi connectivity index (χ3v) is 6.32. The van der Waals surface area contributed by atoms with Crippen LogP contribution in [-0.4, -0.2) is 19.1 Å². The largest absolute Gasteiger partial charge is 0.494 e. The average molecular weight is 428 g/mol. The van der Waals surface area contributed by atoms with Crippen molar-refractivity contribution >= 4 is 5.90 Å². The van der Waals surface area contributed by atoms with Crippen molar-refractivity contribution in [2.75, 3.05) is 13.2 Å². The zero-order valence-corrected chi connectivity index (χ0v) is 18.3. The van der Waals surface area contributed by atoms with Crippen molar-refractivity contribution in [3.8, 4) is 5.75 Å². The van der Waals surface area contributed by atoms with Gasteiger partial charge in [0.2, 0.25) is 5.90 Å². The Labute approximate surface area is 183 Å². The predicted molar refractivity (Wildman–Crippen MR) is 119 cm³/mol. The van der Waals surface area contributed by atoms with Crippen molar-refractivity contribution in [3.05, 3.63) is 64.7 Å². The number of hydrogen-bond donors (Lipinski definition) is 0. The topological polar surface area (TPSA) is 30.8 Å². The van der Waals surface area contributed by atoms with Crippen molar-refractivity contribution in [2.45, 2.75) is 70.3 Å². The summed E-state index contributed by atoms with van der Waals surface area (Å²) in [6.07, 6.45) is 10.1. The van der Waals surface area contributed by atoms with E-state index in [1.807, 2.05) is 6.07 Å². The maximum Gasteiger partial charge on any atom is 0.223 e. The lowest BCUT2D eigenvalue weighted by Gasteiger charge is -2.31. The van der Waals surface area contributed by atoms with Crippen LogP contribution < -0.4 is 4.74 Å². The summed E-state index contributed by atoms with van der Waals surface area (Å²) in [6, 6.07) is 9.96. The van der Waals surface area contributed by atoms with Crippen LogP contribution in [0.3, 0.4) is 0 Å². The van der Waals surface area contributed by atoms with E-state index < -0.39 is 17.2 Å². The molecule has 0 radical (unpaired) electrons. The van der Waals surface area contributed by atoms with Crippen molar-refractivity contribution in [1.82, 2.24) is 0 Å². The number of aryl methyl sites for hydroxylation is 1. The van der Waals surface area contributed by atoms with Crippen LogP contribution in [-0.2, 0) is 16.7 Å². The van der Waals surface area contributed by atoms with Gasteiger partial charge in [-0.3, -0.25) is 0 Å². The molecule has 1 aliphatic heterocycles. The van der Waals surface area contributed by atoms with Gasteiger partial charge in [-0.15, -0.1) is 0 Å². The monoisotopic (exact) mass is 427 g/mol. The minimum atomic E-state index is -0.648. The molecule has 1 heterocycles. The second-order valence-electron chi connectivity index (χ2n) is 8.62. The molecule has 0 amide bonds. The van der Waals surface area contributed by atoms with E-state index in [1.54, 1.807) is 0 Å². The normalized spacial score (nSPS) is 19.8. The molecular weight excluding hydrogens is 396 g/mol. The van der Waals surface area contributed by atoms with Crippen LogP contribution in [0.2, 0.25) is 0 Å². The quantitative estimate of drug-likeness (QED) is 0.416. The minimum absolute atomic E-state index is 0.0619. The number of unbranched alkanes of at least 4 members (excludes halogenated alkanes) is 5. The molecule has 3 nitrogen and oxygen atoms in total. The zero-order valence-electron chi connectivity index (χ0n) is 18.3. The molecule has 0 saturated heterocycles. The first-order chi connectivity index (χ1) is 15.1. The van der Waals surface area contributed by atoms with E-state index in [0.717, 1.165) is 43.6 Å². The van der Waals surface area contributed by atoms with Gasteiger partial charge in [-0.2, -0.15) is 0 Å². The predicted octanol–water partition coefficient (Wildman–Crippen LogP) is 6.71. The fourth-order valence-electron chi connectivity index (χ4n) is 4.64. The Kier molecular flexibility index (Phi) is 6.89. The van der Waals surface area contributed by atoms with Gasteiger partial charge in [0.25, 0.3) is 0 Å². The first-order valence-corrected chi connectivity index (χ1v) is 11.6. The summed E-state index contributed by atoms with van der Waals surface area (Å²) in [7, 11) is 0. The molecule has 0 saturated carbocycles. The molecule has 2 aromatic rings. The van der Waals surface area contributed by atoms with E-state index in [1.165, 1.54) is 55.9 Å². The molecule has 0 bridgehead atoms. The van der Waals surface area contributed by atoms with Gasteiger partial charge in [-0.05, 0) is 61.1 Å². The van der Waals surface area contributed by atoms with Crippen LogP contribution in [0.4, 0.5) is 8.78 Å². The van der Waals surface area contributed by atoms with Gasteiger partial charge in [0.1, 0.15) is 35.1 Å². The van der Waals surface area contributed by atoms with Crippen LogP contribution in [0, 0.1) is 11.6 Å². The number of aliphatic imine (C=N–C) groups is 1. The molecule has 4 rings (SSSR count). The van der Waals surface area contributed by atoms with E-state index in [0.29, 0.717) is 6.61 Å². The lowest BCUT2D eigenvalue weighted by atomic mass is 9.77. The first-order valence-electron chi connectivity index (χ1n) is 11.6. The van der Waals surface area contributed by atoms with Gasteiger partial charge in [-0.25, -0.2) is 13.8 Å². The van der Waals surface area contributed by atoms with Gasteiger partial charge >= 0.3 is 0 Å².